The van der Waals surface area contributed by atoms with Gasteiger partial charge in [0.25, 0.3) is 5.91 Å². The summed E-state index contributed by atoms with van der Waals surface area (Å²) in [6.45, 7) is 6.29. The Bertz CT molecular complexity index is 879. The zero-order valence-corrected chi connectivity index (χ0v) is 18.4. The van der Waals surface area contributed by atoms with E-state index in [1.807, 2.05) is 20.8 Å². The fourth-order valence-electron chi connectivity index (χ4n) is 2.82. The van der Waals surface area contributed by atoms with Gasteiger partial charge >= 0.3 is 6.03 Å². The summed E-state index contributed by atoms with van der Waals surface area (Å²) < 4.78 is 5.10. The standard InChI is InChI=1S/C23H30N4O4/c1-5-27(15-21(28)26-19-10-12-20(31-4)13-11-19)22(29)18-8-6-17(7-9-18)14-24-23(30)25-16(2)3/h6-13,16H,5,14-15H2,1-4H3,(H,26,28)(H2,24,25,30). The lowest BCUT2D eigenvalue weighted by Gasteiger charge is -2.20. The van der Waals surface area contributed by atoms with E-state index in [-0.39, 0.29) is 30.4 Å². The molecule has 31 heavy (non-hydrogen) atoms. The van der Waals surface area contributed by atoms with Crippen LogP contribution in [0.3, 0.4) is 0 Å². The van der Waals surface area contributed by atoms with E-state index in [1.54, 1.807) is 55.6 Å². The summed E-state index contributed by atoms with van der Waals surface area (Å²) in [4.78, 5) is 38.3. The van der Waals surface area contributed by atoms with Gasteiger partial charge in [0.1, 0.15) is 12.3 Å². The molecule has 166 valence electrons. The maximum atomic E-state index is 12.8. The molecule has 2 aromatic carbocycles. The number of carbonyl (C=O) groups excluding carboxylic acids is 3. The van der Waals surface area contributed by atoms with Crippen LogP contribution in [0.4, 0.5) is 10.5 Å². The number of methoxy groups -OCH3 is 1. The van der Waals surface area contributed by atoms with Gasteiger partial charge in [0.05, 0.1) is 7.11 Å². The largest absolute Gasteiger partial charge is 0.497 e. The normalized spacial score (nSPS) is 10.4. The first kappa shape index (κ1) is 23.7. The first-order valence-corrected chi connectivity index (χ1v) is 10.2. The topological polar surface area (TPSA) is 99.8 Å². The van der Waals surface area contributed by atoms with Crippen LogP contribution in [0.1, 0.15) is 36.7 Å². The van der Waals surface area contributed by atoms with Gasteiger partial charge in [-0.25, -0.2) is 4.79 Å². The Morgan fingerprint density at radius 2 is 1.65 bits per heavy atom. The van der Waals surface area contributed by atoms with Crippen molar-refractivity contribution in [2.24, 2.45) is 0 Å². The predicted octanol–water partition coefficient (Wildman–Crippen LogP) is 3.00. The number of nitrogens with zero attached hydrogens (tertiary/aromatic N) is 1. The SMILES string of the molecule is CCN(CC(=O)Nc1ccc(OC)cc1)C(=O)c1ccc(CNC(=O)NC(C)C)cc1. The molecule has 0 radical (unpaired) electrons. The average Bonchev–Trinajstić information content (AvgIpc) is 2.76. The van der Waals surface area contributed by atoms with Crippen LogP contribution in [0.2, 0.25) is 0 Å². The van der Waals surface area contributed by atoms with Crippen molar-refractivity contribution >= 4 is 23.5 Å². The zero-order valence-electron chi connectivity index (χ0n) is 18.4. The molecule has 0 heterocycles. The van der Waals surface area contributed by atoms with Crippen LogP contribution in [-0.2, 0) is 11.3 Å². The highest BCUT2D eigenvalue weighted by molar-refractivity contribution is 5.99. The molecular weight excluding hydrogens is 396 g/mol. The van der Waals surface area contributed by atoms with Crippen molar-refractivity contribution in [3.63, 3.8) is 0 Å². The van der Waals surface area contributed by atoms with Crippen LogP contribution >= 0.6 is 0 Å². The molecule has 4 amide bonds. The maximum absolute atomic E-state index is 12.8. The van der Waals surface area contributed by atoms with Crippen molar-refractivity contribution in [2.75, 3.05) is 25.5 Å². The average molecular weight is 427 g/mol. The van der Waals surface area contributed by atoms with Crippen molar-refractivity contribution in [1.29, 1.82) is 0 Å². The van der Waals surface area contributed by atoms with Crippen molar-refractivity contribution in [3.05, 3.63) is 59.7 Å². The summed E-state index contributed by atoms with van der Waals surface area (Å²) in [6, 6.07) is 13.8. The lowest BCUT2D eigenvalue weighted by molar-refractivity contribution is -0.116. The number of amides is 4. The summed E-state index contributed by atoms with van der Waals surface area (Å²) in [6.07, 6.45) is 0. The minimum Gasteiger partial charge on any atom is -0.497 e. The Morgan fingerprint density at radius 1 is 1.00 bits per heavy atom. The van der Waals surface area contributed by atoms with E-state index in [4.69, 9.17) is 4.74 Å². The molecule has 0 saturated carbocycles. The second kappa shape index (κ2) is 11.6. The Morgan fingerprint density at radius 3 is 2.19 bits per heavy atom. The number of likely N-dealkylation sites (N-methyl/N-ethyl adjacent to an activating group) is 1. The lowest BCUT2D eigenvalue weighted by atomic mass is 10.1. The number of rotatable bonds is 9. The zero-order chi connectivity index (χ0) is 22.8. The van der Waals surface area contributed by atoms with Gasteiger partial charge < -0.3 is 25.6 Å². The number of anilines is 1. The monoisotopic (exact) mass is 426 g/mol. The number of urea groups is 1. The molecule has 0 saturated heterocycles. The minimum absolute atomic E-state index is 0.0555. The van der Waals surface area contributed by atoms with Gasteiger partial charge in [-0.3, -0.25) is 9.59 Å². The summed E-state index contributed by atoms with van der Waals surface area (Å²) >= 11 is 0. The van der Waals surface area contributed by atoms with Crippen molar-refractivity contribution in [1.82, 2.24) is 15.5 Å². The van der Waals surface area contributed by atoms with Crippen LogP contribution < -0.4 is 20.7 Å². The molecule has 0 aliphatic heterocycles. The Hall–Kier alpha value is -3.55. The molecule has 3 N–H and O–H groups in total. The van der Waals surface area contributed by atoms with Crippen molar-refractivity contribution < 1.29 is 19.1 Å². The van der Waals surface area contributed by atoms with E-state index in [2.05, 4.69) is 16.0 Å². The Kier molecular flexibility index (Phi) is 8.87. The molecule has 0 aromatic heterocycles. The van der Waals surface area contributed by atoms with Crippen LogP contribution in [0.5, 0.6) is 5.75 Å². The number of nitrogens with one attached hydrogen (secondary N) is 3. The number of hydrogen-bond acceptors (Lipinski definition) is 4. The summed E-state index contributed by atoms with van der Waals surface area (Å²) in [5, 5.41) is 8.29. The minimum atomic E-state index is -0.280. The van der Waals surface area contributed by atoms with Crippen molar-refractivity contribution in [3.8, 4) is 5.75 Å². The molecule has 8 heteroatoms. The first-order valence-electron chi connectivity index (χ1n) is 10.2. The van der Waals surface area contributed by atoms with Crippen molar-refractivity contribution in [2.45, 2.75) is 33.4 Å². The van der Waals surface area contributed by atoms with E-state index < -0.39 is 0 Å². The molecule has 0 aliphatic carbocycles. The molecule has 2 rings (SSSR count). The number of carbonyl (C=O) groups is 3. The van der Waals surface area contributed by atoms with E-state index in [1.165, 1.54) is 4.90 Å². The summed E-state index contributed by atoms with van der Waals surface area (Å²) in [5.41, 5.74) is 1.98. The molecule has 8 nitrogen and oxygen atoms in total. The molecule has 2 aromatic rings. The highest BCUT2D eigenvalue weighted by atomic mass is 16.5. The Labute approximate surface area is 183 Å². The molecule has 0 spiro atoms. The van der Waals surface area contributed by atoms with Gasteiger partial charge in [0.15, 0.2) is 0 Å². The third-order valence-corrected chi connectivity index (χ3v) is 4.45. The van der Waals surface area contributed by atoms with Gasteiger partial charge in [-0.2, -0.15) is 0 Å². The lowest BCUT2D eigenvalue weighted by Crippen LogP contribution is -2.39. The smallest absolute Gasteiger partial charge is 0.315 e. The van der Waals surface area contributed by atoms with Crippen LogP contribution in [0.15, 0.2) is 48.5 Å². The third-order valence-electron chi connectivity index (χ3n) is 4.45. The fourth-order valence-corrected chi connectivity index (χ4v) is 2.82. The predicted molar refractivity (Wildman–Crippen MR) is 120 cm³/mol. The molecule has 0 fully saturated rings. The highest BCUT2D eigenvalue weighted by Crippen LogP contribution is 2.15. The molecule has 0 bridgehead atoms. The van der Waals surface area contributed by atoms with E-state index >= 15 is 0 Å². The number of ether oxygens (including phenoxy) is 1. The molecule has 0 unspecified atom stereocenters. The third kappa shape index (κ3) is 7.65. The fraction of sp³-hybridized carbons (Fsp3) is 0.348. The maximum Gasteiger partial charge on any atom is 0.315 e. The van der Waals surface area contributed by atoms with Crippen LogP contribution in [0, 0.1) is 0 Å². The number of hydrogen-bond donors (Lipinski definition) is 3. The highest BCUT2D eigenvalue weighted by Gasteiger charge is 2.17. The Balaban J connectivity index is 1.91. The number of benzene rings is 2. The molecule has 0 aliphatic rings. The summed E-state index contributed by atoms with van der Waals surface area (Å²) in [7, 11) is 1.57. The second-order valence-electron chi connectivity index (χ2n) is 7.27. The van der Waals surface area contributed by atoms with Gasteiger partial charge in [0, 0.05) is 30.4 Å². The summed E-state index contributed by atoms with van der Waals surface area (Å²) in [5.74, 6) is 0.185. The van der Waals surface area contributed by atoms with E-state index in [0.29, 0.717) is 30.1 Å². The van der Waals surface area contributed by atoms with E-state index in [0.717, 1.165) is 5.56 Å². The molecular formula is C23H30N4O4. The van der Waals surface area contributed by atoms with Gasteiger partial charge in [-0.15, -0.1) is 0 Å². The first-order chi connectivity index (χ1) is 14.8. The van der Waals surface area contributed by atoms with Crippen LogP contribution in [0.25, 0.3) is 0 Å². The second-order valence-corrected chi connectivity index (χ2v) is 7.27. The molecule has 0 atom stereocenters. The van der Waals surface area contributed by atoms with Crippen LogP contribution in [-0.4, -0.2) is 49.0 Å². The van der Waals surface area contributed by atoms with Gasteiger partial charge in [0.2, 0.25) is 5.91 Å². The van der Waals surface area contributed by atoms with Gasteiger partial charge in [-0.1, -0.05) is 12.1 Å². The quantitative estimate of drug-likeness (QED) is 0.574. The van der Waals surface area contributed by atoms with Gasteiger partial charge in [-0.05, 0) is 62.7 Å². The van der Waals surface area contributed by atoms with E-state index in [9.17, 15) is 14.4 Å².